The maximum absolute atomic E-state index is 6.59. The summed E-state index contributed by atoms with van der Waals surface area (Å²) < 4.78 is 15.2. The summed E-state index contributed by atoms with van der Waals surface area (Å²) in [5.41, 5.74) is 9.50. The third-order valence-corrected chi connectivity index (χ3v) is 7.05. The molecule has 33 heavy (non-hydrogen) atoms. The standard InChI is InChI=1S/C30H30NO2/c1-16-12-17(2)29-25(18(16)3)28-27-21(10-11-31(28)7)26-20-9-8-19(15-30(4,5)6)13-22(20)32-23(26)14-24(27)33-29/h8-14H,15H2,1-7H3/q+1. The molecular weight excluding hydrogens is 406 g/mol. The van der Waals surface area contributed by atoms with Crippen LogP contribution < -0.4 is 9.30 Å². The van der Waals surface area contributed by atoms with E-state index in [1.807, 2.05) is 0 Å². The third-order valence-electron chi connectivity index (χ3n) is 7.05. The van der Waals surface area contributed by atoms with Crippen molar-refractivity contribution in [3.63, 3.8) is 0 Å². The number of rotatable bonds is 1. The smallest absolute Gasteiger partial charge is 0.228 e. The van der Waals surface area contributed by atoms with E-state index in [0.717, 1.165) is 45.4 Å². The highest BCUT2D eigenvalue weighted by Gasteiger charge is 2.32. The fraction of sp³-hybridized carbons (Fsp3) is 0.300. The van der Waals surface area contributed by atoms with Crippen LogP contribution in [0.3, 0.4) is 0 Å². The normalized spacial score (nSPS) is 13.1. The van der Waals surface area contributed by atoms with Crippen LogP contribution in [0.1, 0.15) is 43.0 Å². The Balaban J connectivity index is 1.71. The lowest BCUT2D eigenvalue weighted by molar-refractivity contribution is -0.659. The van der Waals surface area contributed by atoms with Crippen LogP contribution in [0.4, 0.5) is 0 Å². The second-order valence-electron chi connectivity index (χ2n) is 10.9. The third kappa shape index (κ3) is 2.91. The van der Waals surface area contributed by atoms with Crippen LogP contribution in [-0.2, 0) is 13.5 Å². The molecule has 0 amide bonds. The Hall–Kier alpha value is -3.33. The number of nitrogens with zero attached hydrogens (tertiary/aromatic N) is 1. The Morgan fingerprint density at radius 3 is 2.39 bits per heavy atom. The molecule has 6 rings (SSSR count). The first-order valence-electron chi connectivity index (χ1n) is 11.7. The van der Waals surface area contributed by atoms with Crippen LogP contribution in [0.15, 0.2) is 47.0 Å². The largest absolute Gasteiger partial charge is 0.456 e. The van der Waals surface area contributed by atoms with E-state index in [9.17, 15) is 0 Å². The average molecular weight is 437 g/mol. The number of hydrogen-bond donors (Lipinski definition) is 0. The van der Waals surface area contributed by atoms with E-state index >= 15 is 0 Å². The molecule has 0 saturated carbocycles. The zero-order valence-electron chi connectivity index (χ0n) is 20.5. The summed E-state index contributed by atoms with van der Waals surface area (Å²) in [5, 5.41) is 4.68. The van der Waals surface area contributed by atoms with Gasteiger partial charge in [-0.05, 0) is 60.9 Å². The Bertz CT molecular complexity index is 1630. The monoisotopic (exact) mass is 436 g/mol. The first-order valence-corrected chi connectivity index (χ1v) is 11.7. The van der Waals surface area contributed by atoms with E-state index in [0.29, 0.717) is 0 Å². The van der Waals surface area contributed by atoms with Gasteiger partial charge in [-0.1, -0.05) is 39.0 Å². The summed E-state index contributed by atoms with van der Waals surface area (Å²) >= 11 is 0. The van der Waals surface area contributed by atoms with Gasteiger partial charge in [-0.2, -0.15) is 0 Å². The van der Waals surface area contributed by atoms with Gasteiger partial charge in [0.2, 0.25) is 5.69 Å². The first kappa shape index (κ1) is 20.3. The van der Waals surface area contributed by atoms with Crippen molar-refractivity contribution in [3.05, 3.63) is 64.8 Å². The van der Waals surface area contributed by atoms with Crippen molar-refractivity contribution < 1.29 is 13.7 Å². The molecule has 0 aliphatic carbocycles. The molecule has 0 N–H and O–H groups in total. The molecule has 3 nitrogen and oxygen atoms in total. The number of fused-ring (bicyclic) bond motifs is 6. The van der Waals surface area contributed by atoms with Gasteiger partial charge in [-0.15, -0.1) is 0 Å². The van der Waals surface area contributed by atoms with Gasteiger partial charge in [0, 0.05) is 28.3 Å². The van der Waals surface area contributed by atoms with Crippen molar-refractivity contribution in [1.29, 1.82) is 0 Å². The SMILES string of the molecule is Cc1cc(C)c2c(c1C)-c1c3c(cc4oc5cc(CC(C)(C)C)ccc5c4c3cc[n+]1C)O2. The molecule has 0 spiro atoms. The number of benzene rings is 3. The molecule has 166 valence electrons. The van der Waals surface area contributed by atoms with E-state index in [2.05, 4.69) is 95.8 Å². The first-order chi connectivity index (χ1) is 15.6. The summed E-state index contributed by atoms with van der Waals surface area (Å²) in [6, 6.07) is 13.2. The average Bonchev–Trinajstić information content (AvgIpc) is 3.09. The molecule has 1 aliphatic heterocycles. The molecule has 3 aromatic carbocycles. The fourth-order valence-electron chi connectivity index (χ4n) is 5.53. The van der Waals surface area contributed by atoms with Crippen molar-refractivity contribution in [1.82, 2.24) is 0 Å². The lowest BCUT2D eigenvalue weighted by atomic mass is 9.88. The molecule has 0 radical (unpaired) electrons. The number of hydrogen-bond acceptors (Lipinski definition) is 2. The molecule has 5 aromatic rings. The molecule has 0 fully saturated rings. The molecule has 3 heteroatoms. The number of furan rings is 1. The molecule has 0 unspecified atom stereocenters. The minimum absolute atomic E-state index is 0.232. The Morgan fingerprint density at radius 2 is 1.64 bits per heavy atom. The Morgan fingerprint density at radius 1 is 0.848 bits per heavy atom. The molecule has 0 atom stereocenters. The van der Waals surface area contributed by atoms with Crippen LogP contribution in [0.25, 0.3) is 44.0 Å². The zero-order valence-corrected chi connectivity index (χ0v) is 20.5. The predicted molar refractivity (Wildman–Crippen MR) is 135 cm³/mol. The van der Waals surface area contributed by atoms with Gasteiger partial charge in [0.15, 0.2) is 6.20 Å². The minimum Gasteiger partial charge on any atom is -0.456 e. The summed E-state index contributed by atoms with van der Waals surface area (Å²) in [5.74, 6) is 1.83. The van der Waals surface area contributed by atoms with Crippen molar-refractivity contribution in [2.75, 3.05) is 0 Å². The summed E-state index contributed by atoms with van der Waals surface area (Å²) in [7, 11) is 2.13. The second kappa shape index (κ2) is 6.60. The summed E-state index contributed by atoms with van der Waals surface area (Å²) in [6.07, 6.45) is 3.18. The van der Waals surface area contributed by atoms with Crippen LogP contribution in [0.5, 0.6) is 11.5 Å². The molecule has 0 saturated heterocycles. The highest BCUT2D eigenvalue weighted by atomic mass is 16.5. The maximum atomic E-state index is 6.59. The van der Waals surface area contributed by atoms with Crippen LogP contribution in [0.2, 0.25) is 0 Å². The van der Waals surface area contributed by atoms with Crippen LogP contribution in [-0.4, -0.2) is 0 Å². The highest BCUT2D eigenvalue weighted by molar-refractivity contribution is 6.22. The Labute approximate surface area is 194 Å². The van der Waals surface area contributed by atoms with E-state index in [-0.39, 0.29) is 5.41 Å². The van der Waals surface area contributed by atoms with Gasteiger partial charge < -0.3 is 9.15 Å². The van der Waals surface area contributed by atoms with Gasteiger partial charge in [0.25, 0.3) is 0 Å². The number of aryl methyl sites for hydroxylation is 3. The van der Waals surface area contributed by atoms with Crippen molar-refractivity contribution in [3.8, 4) is 22.8 Å². The zero-order chi connectivity index (χ0) is 23.2. The van der Waals surface area contributed by atoms with Gasteiger partial charge in [0.05, 0.1) is 10.9 Å². The maximum Gasteiger partial charge on any atom is 0.228 e. The van der Waals surface area contributed by atoms with Crippen LogP contribution in [0, 0.1) is 26.2 Å². The Kier molecular flexibility index (Phi) is 4.06. The second-order valence-corrected chi connectivity index (χ2v) is 10.9. The van der Waals surface area contributed by atoms with Crippen molar-refractivity contribution in [2.45, 2.75) is 48.0 Å². The predicted octanol–water partition coefficient (Wildman–Crippen LogP) is 7.85. The van der Waals surface area contributed by atoms with E-state index in [4.69, 9.17) is 9.15 Å². The molecular formula is C30H30NO2+. The molecule has 2 aromatic heterocycles. The van der Waals surface area contributed by atoms with Crippen LogP contribution >= 0.6 is 0 Å². The summed E-state index contributed by atoms with van der Waals surface area (Å²) in [6.45, 7) is 13.3. The molecule has 0 bridgehead atoms. The number of aromatic nitrogens is 1. The van der Waals surface area contributed by atoms with Gasteiger partial charge in [-0.3, -0.25) is 0 Å². The molecule has 1 aliphatic rings. The number of ether oxygens (including phenoxy) is 1. The quantitative estimate of drug-likeness (QED) is 0.245. The molecule has 3 heterocycles. The van der Waals surface area contributed by atoms with Crippen molar-refractivity contribution >= 4 is 32.7 Å². The van der Waals surface area contributed by atoms with E-state index in [1.165, 1.54) is 38.7 Å². The van der Waals surface area contributed by atoms with E-state index in [1.54, 1.807) is 0 Å². The summed E-state index contributed by atoms with van der Waals surface area (Å²) in [4.78, 5) is 0. The lowest BCUT2D eigenvalue weighted by Crippen LogP contribution is -2.32. The van der Waals surface area contributed by atoms with Gasteiger partial charge in [-0.25, -0.2) is 4.57 Å². The van der Waals surface area contributed by atoms with Crippen molar-refractivity contribution in [2.24, 2.45) is 12.5 Å². The lowest BCUT2D eigenvalue weighted by Gasteiger charge is -2.23. The van der Waals surface area contributed by atoms with E-state index < -0.39 is 0 Å². The minimum atomic E-state index is 0.232. The topological polar surface area (TPSA) is 26.2 Å². The van der Waals surface area contributed by atoms with Gasteiger partial charge >= 0.3 is 0 Å². The highest BCUT2D eigenvalue weighted by Crippen LogP contribution is 2.51. The van der Waals surface area contributed by atoms with Gasteiger partial charge in [0.1, 0.15) is 29.7 Å². The fourth-order valence-corrected chi connectivity index (χ4v) is 5.53. The number of pyridine rings is 1.